The summed E-state index contributed by atoms with van der Waals surface area (Å²) in [7, 11) is 0. The van der Waals surface area contributed by atoms with Gasteiger partial charge in [0.15, 0.2) is 0 Å². The first-order valence-electron chi connectivity index (χ1n) is 7.02. The van der Waals surface area contributed by atoms with E-state index in [0.717, 1.165) is 35.0 Å². The maximum Gasteiger partial charge on any atom is 0.113 e. The molecule has 2 heterocycles. The van der Waals surface area contributed by atoms with Crippen molar-refractivity contribution in [1.82, 2.24) is 15.3 Å². The van der Waals surface area contributed by atoms with Gasteiger partial charge in [-0.1, -0.05) is 22.9 Å². The van der Waals surface area contributed by atoms with Gasteiger partial charge in [-0.05, 0) is 57.0 Å². The minimum atomic E-state index is 0.225. The monoisotopic (exact) mass is 321 g/mol. The van der Waals surface area contributed by atoms with Gasteiger partial charge in [0.2, 0.25) is 0 Å². The number of aryl methyl sites for hydroxylation is 1. The van der Waals surface area contributed by atoms with Gasteiger partial charge in [0, 0.05) is 9.89 Å². The Bertz CT molecular complexity index is 597. The molecule has 102 valence electrons. The molecule has 0 spiro atoms. The lowest BCUT2D eigenvalue weighted by atomic mass is 9.76. The maximum atomic E-state index is 4.92. The Hall–Kier alpha value is -0.870. The highest BCUT2D eigenvalue weighted by atomic mass is 79.9. The number of hydrogen-bond donors (Lipinski definition) is 2. The average molecular weight is 322 g/mol. The van der Waals surface area contributed by atoms with E-state index in [1.807, 2.05) is 0 Å². The fraction of sp³-hybridized carbons (Fsp3) is 0.533. The third-order valence-corrected chi connectivity index (χ3v) is 4.94. The van der Waals surface area contributed by atoms with Crippen LogP contribution in [0.5, 0.6) is 0 Å². The Labute approximate surface area is 122 Å². The highest BCUT2D eigenvalue weighted by Crippen LogP contribution is 2.36. The molecule has 1 aliphatic rings. The molecule has 0 atom stereocenters. The molecule has 0 unspecified atom stereocenters. The first-order valence-corrected chi connectivity index (χ1v) is 7.81. The lowest BCUT2D eigenvalue weighted by Gasteiger charge is -2.35. The summed E-state index contributed by atoms with van der Waals surface area (Å²) in [6.07, 6.45) is 3.49. The normalized spacial score (nSPS) is 18.9. The maximum absolute atomic E-state index is 4.92. The quantitative estimate of drug-likeness (QED) is 0.886. The summed E-state index contributed by atoms with van der Waals surface area (Å²) < 4.78 is 1.11. The molecule has 0 aliphatic carbocycles. The molecule has 1 fully saturated rings. The van der Waals surface area contributed by atoms with Crippen molar-refractivity contribution >= 4 is 27.0 Å². The number of fused-ring (bicyclic) bond motifs is 1. The predicted octanol–water partition coefficient (Wildman–Crippen LogP) is 3.67. The second-order valence-corrected chi connectivity index (χ2v) is 6.50. The van der Waals surface area contributed by atoms with Crippen LogP contribution in [0.25, 0.3) is 11.0 Å². The molecule has 1 saturated heterocycles. The van der Waals surface area contributed by atoms with Crippen LogP contribution in [0.3, 0.4) is 0 Å². The number of aromatic amines is 1. The van der Waals surface area contributed by atoms with Crippen molar-refractivity contribution in [1.29, 1.82) is 0 Å². The zero-order chi connectivity index (χ0) is 13.5. The topological polar surface area (TPSA) is 40.7 Å². The molecule has 1 aromatic carbocycles. The number of hydrogen-bond acceptors (Lipinski definition) is 2. The van der Waals surface area contributed by atoms with Crippen LogP contribution >= 0.6 is 15.9 Å². The van der Waals surface area contributed by atoms with Crippen molar-refractivity contribution in [2.45, 2.75) is 38.5 Å². The molecule has 2 N–H and O–H groups in total. The van der Waals surface area contributed by atoms with Crippen LogP contribution in [-0.2, 0) is 5.41 Å². The fourth-order valence-electron chi connectivity index (χ4n) is 3.16. The Balaban J connectivity index is 2.11. The molecule has 0 amide bonds. The predicted molar refractivity (Wildman–Crippen MR) is 82.6 cm³/mol. The molecule has 0 saturated carbocycles. The standard InChI is InChI=1S/C15H20BrN3/c1-3-15(4-6-17-7-5-15)14-18-12-9-11(16)8-10(2)13(12)19-14/h8-9,17H,3-7H2,1-2H3,(H,18,19). The van der Waals surface area contributed by atoms with Gasteiger partial charge in [-0.25, -0.2) is 4.98 Å². The third kappa shape index (κ3) is 2.21. The van der Waals surface area contributed by atoms with Crippen molar-refractivity contribution in [2.75, 3.05) is 13.1 Å². The summed E-state index contributed by atoms with van der Waals surface area (Å²) >= 11 is 3.56. The summed E-state index contributed by atoms with van der Waals surface area (Å²) in [6, 6.07) is 4.26. The van der Waals surface area contributed by atoms with Gasteiger partial charge in [-0.15, -0.1) is 0 Å². The van der Waals surface area contributed by atoms with Crippen molar-refractivity contribution in [3.05, 3.63) is 28.0 Å². The number of piperidine rings is 1. The number of rotatable bonds is 2. The number of nitrogens with one attached hydrogen (secondary N) is 2. The van der Waals surface area contributed by atoms with Crippen LogP contribution in [0.15, 0.2) is 16.6 Å². The average Bonchev–Trinajstić information content (AvgIpc) is 2.84. The van der Waals surface area contributed by atoms with Gasteiger partial charge < -0.3 is 10.3 Å². The first-order chi connectivity index (χ1) is 9.14. The largest absolute Gasteiger partial charge is 0.341 e. The van der Waals surface area contributed by atoms with Crippen molar-refractivity contribution in [3.8, 4) is 0 Å². The molecule has 0 radical (unpaired) electrons. The molecule has 1 aliphatic heterocycles. The van der Waals surface area contributed by atoms with Crippen molar-refractivity contribution < 1.29 is 0 Å². The van der Waals surface area contributed by atoms with E-state index >= 15 is 0 Å². The number of nitrogens with zero attached hydrogens (tertiary/aromatic N) is 1. The summed E-state index contributed by atoms with van der Waals surface area (Å²) in [5.74, 6) is 1.17. The molecule has 0 bridgehead atoms. The molecule has 3 nitrogen and oxygen atoms in total. The van der Waals surface area contributed by atoms with Crippen molar-refractivity contribution in [3.63, 3.8) is 0 Å². The minimum absolute atomic E-state index is 0.225. The smallest absolute Gasteiger partial charge is 0.113 e. The SMILES string of the molecule is CCC1(c2nc3c(C)cc(Br)cc3[nH]2)CCNCC1. The third-order valence-electron chi connectivity index (χ3n) is 4.48. The van der Waals surface area contributed by atoms with Crippen LogP contribution < -0.4 is 5.32 Å². The summed E-state index contributed by atoms with van der Waals surface area (Å²) in [5.41, 5.74) is 3.72. The zero-order valence-electron chi connectivity index (χ0n) is 11.5. The van der Waals surface area contributed by atoms with Crippen molar-refractivity contribution in [2.24, 2.45) is 0 Å². The molecule has 2 aromatic rings. The van der Waals surface area contributed by atoms with Gasteiger partial charge in [0.1, 0.15) is 5.82 Å². The van der Waals surface area contributed by atoms with Crippen LogP contribution in [0.1, 0.15) is 37.6 Å². The van der Waals surface area contributed by atoms with Crippen LogP contribution in [0.4, 0.5) is 0 Å². The molecular weight excluding hydrogens is 302 g/mol. The minimum Gasteiger partial charge on any atom is -0.341 e. The number of aromatic nitrogens is 2. The van der Waals surface area contributed by atoms with Crippen LogP contribution in [0.2, 0.25) is 0 Å². The van der Waals surface area contributed by atoms with Gasteiger partial charge in [0.05, 0.1) is 11.0 Å². The van der Waals surface area contributed by atoms with E-state index in [9.17, 15) is 0 Å². The number of H-pyrrole nitrogens is 1. The number of halogens is 1. The van der Waals surface area contributed by atoms with E-state index in [2.05, 4.69) is 52.2 Å². The Morgan fingerprint density at radius 3 is 2.74 bits per heavy atom. The van der Waals surface area contributed by atoms with Crippen LogP contribution in [-0.4, -0.2) is 23.1 Å². The summed E-state index contributed by atoms with van der Waals surface area (Å²) in [5, 5.41) is 3.45. The summed E-state index contributed by atoms with van der Waals surface area (Å²) in [6.45, 7) is 6.58. The van der Waals surface area contributed by atoms with E-state index < -0.39 is 0 Å². The second-order valence-electron chi connectivity index (χ2n) is 5.59. The lowest BCUT2D eigenvalue weighted by molar-refractivity contribution is 0.285. The van der Waals surface area contributed by atoms with Gasteiger partial charge >= 0.3 is 0 Å². The first kappa shape index (κ1) is 13.1. The molecule has 4 heteroatoms. The molecular formula is C15H20BrN3. The molecule has 1 aromatic heterocycles. The molecule has 19 heavy (non-hydrogen) atoms. The Kier molecular flexibility index (Phi) is 3.39. The van der Waals surface area contributed by atoms with E-state index in [-0.39, 0.29) is 5.41 Å². The Morgan fingerprint density at radius 1 is 1.32 bits per heavy atom. The highest BCUT2D eigenvalue weighted by molar-refractivity contribution is 9.10. The van der Waals surface area contributed by atoms with E-state index in [1.165, 1.54) is 24.2 Å². The summed E-state index contributed by atoms with van der Waals surface area (Å²) in [4.78, 5) is 8.49. The Morgan fingerprint density at radius 2 is 2.05 bits per heavy atom. The zero-order valence-corrected chi connectivity index (χ0v) is 13.1. The lowest BCUT2D eigenvalue weighted by Crippen LogP contribution is -2.40. The van der Waals surface area contributed by atoms with Crippen LogP contribution in [0, 0.1) is 6.92 Å². The van der Waals surface area contributed by atoms with Gasteiger partial charge in [0.25, 0.3) is 0 Å². The van der Waals surface area contributed by atoms with E-state index in [4.69, 9.17) is 4.98 Å². The fourth-order valence-corrected chi connectivity index (χ4v) is 3.73. The van der Waals surface area contributed by atoms with Gasteiger partial charge in [-0.2, -0.15) is 0 Å². The second kappa shape index (κ2) is 4.91. The van der Waals surface area contributed by atoms with E-state index in [1.54, 1.807) is 0 Å². The highest BCUT2D eigenvalue weighted by Gasteiger charge is 2.35. The van der Waals surface area contributed by atoms with Gasteiger partial charge in [-0.3, -0.25) is 0 Å². The van der Waals surface area contributed by atoms with E-state index in [0.29, 0.717) is 0 Å². The molecule has 3 rings (SSSR count). The number of benzene rings is 1. The number of imidazole rings is 1.